The summed E-state index contributed by atoms with van der Waals surface area (Å²) in [6, 6.07) is 12.0. The summed E-state index contributed by atoms with van der Waals surface area (Å²) >= 11 is 0. The van der Waals surface area contributed by atoms with Crippen molar-refractivity contribution in [2.75, 3.05) is 13.2 Å². The van der Waals surface area contributed by atoms with E-state index < -0.39 is 7.82 Å². The van der Waals surface area contributed by atoms with Gasteiger partial charge in [-0.25, -0.2) is 4.57 Å². The third-order valence-corrected chi connectivity index (χ3v) is 2.33. The van der Waals surface area contributed by atoms with Crippen molar-refractivity contribution in [2.45, 2.75) is 0 Å². The molecule has 0 atom stereocenters. The molecule has 0 amide bonds. The van der Waals surface area contributed by atoms with Crippen LogP contribution < -0.4 is 0 Å². The molecule has 17 heavy (non-hydrogen) atoms. The molecule has 0 aliphatic heterocycles. The molecule has 1 aromatic rings. The molecule has 0 aromatic heterocycles. The van der Waals surface area contributed by atoms with Crippen molar-refractivity contribution >= 4 is 7.82 Å². The molecule has 0 fully saturated rings. The van der Waals surface area contributed by atoms with Gasteiger partial charge in [-0.15, -0.1) is 13.2 Å². The van der Waals surface area contributed by atoms with Crippen LogP contribution in [0.25, 0.3) is 0 Å². The highest BCUT2D eigenvalue weighted by Gasteiger charge is 2.18. The maximum atomic E-state index is 10.7. The molecule has 1 rings (SSSR count). The maximum absolute atomic E-state index is 10.7. The molecule has 5 heteroatoms. The number of rotatable bonds is 6. The van der Waals surface area contributed by atoms with Crippen LogP contribution in [0, 0.1) is 0 Å². The second kappa shape index (κ2) is 10.00. The van der Waals surface area contributed by atoms with E-state index in [1.54, 1.807) is 0 Å². The Kier molecular flexibility index (Phi) is 9.30. The van der Waals surface area contributed by atoms with Crippen molar-refractivity contribution < 1.29 is 18.5 Å². The zero-order valence-electron chi connectivity index (χ0n) is 9.57. The summed E-state index contributed by atoms with van der Waals surface area (Å²) in [7, 11) is -3.87. The molecule has 0 saturated carbocycles. The van der Waals surface area contributed by atoms with Gasteiger partial charge in [0.25, 0.3) is 0 Å². The Morgan fingerprint density at radius 2 is 1.24 bits per heavy atom. The van der Waals surface area contributed by atoms with E-state index in [2.05, 4.69) is 22.2 Å². The highest BCUT2D eigenvalue weighted by molar-refractivity contribution is 7.47. The lowest BCUT2D eigenvalue weighted by Crippen LogP contribution is -1.94. The Bertz CT molecular complexity index is 308. The molecule has 94 valence electrons. The van der Waals surface area contributed by atoms with Gasteiger partial charge in [-0.1, -0.05) is 48.6 Å². The predicted molar refractivity (Wildman–Crippen MR) is 68.6 cm³/mol. The third kappa shape index (κ3) is 11.1. The first-order valence-electron chi connectivity index (χ1n) is 4.96. The topological polar surface area (TPSA) is 55.8 Å². The van der Waals surface area contributed by atoms with Crippen LogP contribution in [0.15, 0.2) is 61.7 Å². The van der Waals surface area contributed by atoms with E-state index in [-0.39, 0.29) is 13.2 Å². The van der Waals surface area contributed by atoms with Crippen molar-refractivity contribution in [3.8, 4) is 0 Å². The third-order valence-electron chi connectivity index (χ3n) is 1.38. The van der Waals surface area contributed by atoms with Gasteiger partial charge in [0.1, 0.15) is 0 Å². The first-order chi connectivity index (χ1) is 8.12. The van der Waals surface area contributed by atoms with Crippen molar-refractivity contribution in [3.63, 3.8) is 0 Å². The minimum absolute atomic E-state index is 0.00901. The van der Waals surface area contributed by atoms with Gasteiger partial charge >= 0.3 is 7.82 Å². The van der Waals surface area contributed by atoms with Gasteiger partial charge in [-0.2, -0.15) is 0 Å². The second-order valence-corrected chi connectivity index (χ2v) is 4.25. The van der Waals surface area contributed by atoms with E-state index in [4.69, 9.17) is 4.89 Å². The molecule has 0 heterocycles. The highest BCUT2D eigenvalue weighted by Crippen LogP contribution is 2.42. The van der Waals surface area contributed by atoms with E-state index in [9.17, 15) is 4.57 Å². The number of phosphoric acid groups is 1. The average Bonchev–Trinajstić information content (AvgIpc) is 2.37. The number of hydrogen-bond donors (Lipinski definition) is 1. The Labute approximate surface area is 102 Å². The zero-order chi connectivity index (χ0) is 13.0. The van der Waals surface area contributed by atoms with E-state index in [1.165, 1.54) is 12.2 Å². The molecular formula is C12H17O4P. The van der Waals surface area contributed by atoms with E-state index >= 15 is 0 Å². The van der Waals surface area contributed by atoms with Crippen LogP contribution in [-0.2, 0) is 13.6 Å². The maximum Gasteiger partial charge on any atom is 0.472 e. The number of hydrogen-bond acceptors (Lipinski definition) is 3. The summed E-state index contributed by atoms with van der Waals surface area (Å²) in [5.74, 6) is 0. The molecule has 0 spiro atoms. The first kappa shape index (κ1) is 15.8. The normalized spacial score (nSPS) is 9.94. The Morgan fingerprint density at radius 3 is 1.47 bits per heavy atom. The summed E-state index contributed by atoms with van der Waals surface area (Å²) in [5.41, 5.74) is 0. The van der Waals surface area contributed by atoms with Crippen molar-refractivity contribution in [3.05, 3.63) is 61.7 Å². The van der Waals surface area contributed by atoms with E-state index in [0.717, 1.165) is 0 Å². The van der Waals surface area contributed by atoms with Crippen LogP contribution in [0.4, 0.5) is 0 Å². The smallest absolute Gasteiger partial charge is 0.302 e. The number of benzene rings is 1. The van der Waals surface area contributed by atoms with Gasteiger partial charge in [-0.05, 0) is 0 Å². The Morgan fingerprint density at radius 1 is 0.941 bits per heavy atom. The lowest BCUT2D eigenvalue weighted by Gasteiger charge is -2.08. The average molecular weight is 256 g/mol. The quantitative estimate of drug-likeness (QED) is 0.627. The molecule has 1 aromatic carbocycles. The summed E-state index contributed by atoms with van der Waals surface area (Å²) in [4.78, 5) is 8.79. The van der Waals surface area contributed by atoms with Crippen molar-refractivity contribution in [1.29, 1.82) is 0 Å². The largest absolute Gasteiger partial charge is 0.472 e. The second-order valence-electron chi connectivity index (χ2n) is 2.79. The van der Waals surface area contributed by atoms with Crippen LogP contribution in [0.2, 0.25) is 0 Å². The van der Waals surface area contributed by atoms with Crippen LogP contribution >= 0.6 is 7.82 Å². The standard InChI is InChI=1S/C6H11O4P.C6H6/c1-3-5-9-11(7,8)10-6-4-2;1-2-4-6-5-3-1/h3-4H,1-2,5-6H2,(H,7,8);1-6H. The van der Waals surface area contributed by atoms with Gasteiger partial charge in [0, 0.05) is 0 Å². The molecule has 0 radical (unpaired) electrons. The van der Waals surface area contributed by atoms with Gasteiger partial charge in [0.15, 0.2) is 0 Å². The fourth-order valence-corrected chi connectivity index (χ4v) is 1.38. The minimum atomic E-state index is -3.87. The van der Waals surface area contributed by atoms with Crippen molar-refractivity contribution in [2.24, 2.45) is 0 Å². The van der Waals surface area contributed by atoms with Crippen LogP contribution in [0.3, 0.4) is 0 Å². The SMILES string of the molecule is C=CCOP(=O)(O)OCC=C.c1ccccc1. The lowest BCUT2D eigenvalue weighted by atomic mass is 10.4. The summed E-state index contributed by atoms with van der Waals surface area (Å²) in [6.45, 7) is 6.60. The van der Waals surface area contributed by atoms with E-state index in [1.807, 2.05) is 36.4 Å². The Hall–Kier alpha value is -1.19. The van der Waals surface area contributed by atoms with Gasteiger partial charge in [0.05, 0.1) is 13.2 Å². The van der Waals surface area contributed by atoms with Gasteiger partial charge in [0.2, 0.25) is 0 Å². The molecule has 0 aliphatic carbocycles. The molecule has 0 aliphatic rings. The summed E-state index contributed by atoms with van der Waals surface area (Å²) < 4.78 is 19.6. The lowest BCUT2D eigenvalue weighted by molar-refractivity contribution is 0.174. The minimum Gasteiger partial charge on any atom is -0.302 e. The van der Waals surface area contributed by atoms with Crippen molar-refractivity contribution in [1.82, 2.24) is 0 Å². The predicted octanol–water partition coefficient (Wildman–Crippen LogP) is 3.18. The van der Waals surface area contributed by atoms with E-state index in [0.29, 0.717) is 0 Å². The number of phosphoric ester groups is 1. The van der Waals surface area contributed by atoms with Crippen LogP contribution in [-0.4, -0.2) is 18.1 Å². The fraction of sp³-hybridized carbons (Fsp3) is 0.167. The van der Waals surface area contributed by atoms with Crippen LogP contribution in [0.1, 0.15) is 0 Å². The zero-order valence-corrected chi connectivity index (χ0v) is 10.5. The monoisotopic (exact) mass is 256 g/mol. The molecule has 0 bridgehead atoms. The van der Waals surface area contributed by atoms with Crippen LogP contribution in [0.5, 0.6) is 0 Å². The molecule has 1 N–H and O–H groups in total. The first-order valence-corrected chi connectivity index (χ1v) is 6.45. The molecular weight excluding hydrogens is 239 g/mol. The molecule has 4 nitrogen and oxygen atoms in total. The van der Waals surface area contributed by atoms with Gasteiger partial charge in [-0.3, -0.25) is 9.05 Å². The molecule has 0 saturated heterocycles. The summed E-state index contributed by atoms with van der Waals surface area (Å²) in [6.07, 6.45) is 2.72. The fourth-order valence-electron chi connectivity index (χ4n) is 0.716. The van der Waals surface area contributed by atoms with Gasteiger partial charge < -0.3 is 4.89 Å². The molecule has 0 unspecified atom stereocenters. The Balaban J connectivity index is 0.000000354. The summed E-state index contributed by atoms with van der Waals surface area (Å²) in [5, 5.41) is 0. The highest BCUT2D eigenvalue weighted by atomic mass is 31.2.